The van der Waals surface area contributed by atoms with Gasteiger partial charge in [-0.2, -0.15) is 0 Å². The molecule has 1 amide bonds. The first-order chi connectivity index (χ1) is 14.9. The molecule has 1 aliphatic rings. The van der Waals surface area contributed by atoms with E-state index in [1.165, 1.54) is 31.7 Å². The van der Waals surface area contributed by atoms with E-state index in [0.29, 0.717) is 23.2 Å². The van der Waals surface area contributed by atoms with Crippen LogP contribution in [0.4, 0.5) is 0 Å². The zero-order chi connectivity index (χ0) is 22.3. The lowest BCUT2D eigenvalue weighted by Crippen LogP contribution is -2.40. The van der Waals surface area contributed by atoms with Crippen molar-refractivity contribution in [1.82, 2.24) is 10.2 Å². The highest BCUT2D eigenvalue weighted by Gasteiger charge is 2.21. The van der Waals surface area contributed by atoms with Crippen LogP contribution in [0.2, 0.25) is 5.02 Å². The summed E-state index contributed by atoms with van der Waals surface area (Å²) in [6.07, 6.45) is 5.87. The van der Waals surface area contributed by atoms with E-state index in [2.05, 4.69) is 17.1 Å². The Bertz CT molecular complexity index is 956. The maximum absolute atomic E-state index is 12.4. The van der Waals surface area contributed by atoms with Crippen LogP contribution in [-0.4, -0.2) is 44.9 Å². The van der Waals surface area contributed by atoms with Crippen LogP contribution in [0.5, 0.6) is 0 Å². The third kappa shape index (κ3) is 7.37. The molecule has 0 saturated carbocycles. The van der Waals surface area contributed by atoms with Crippen LogP contribution in [0.15, 0.2) is 40.8 Å². The molecule has 2 aromatic rings. The van der Waals surface area contributed by atoms with Crippen molar-refractivity contribution in [2.45, 2.75) is 56.6 Å². The Hall–Kier alpha value is -1.83. The van der Waals surface area contributed by atoms with E-state index in [0.717, 1.165) is 19.5 Å². The summed E-state index contributed by atoms with van der Waals surface area (Å²) in [4.78, 5) is 14.9. The lowest BCUT2D eigenvalue weighted by Gasteiger charge is -2.35. The molecule has 1 aliphatic heterocycles. The number of likely N-dealkylation sites (tertiary alicyclic amines) is 1. The summed E-state index contributed by atoms with van der Waals surface area (Å²) in [5.41, 5.74) is 0.660. The molecule has 2 heterocycles. The molecule has 1 N–H and O–H groups in total. The molecular formula is C23H31ClN2O4S. The predicted octanol–water partition coefficient (Wildman–Crippen LogP) is 4.43. The second-order valence-electron chi connectivity index (χ2n) is 8.13. The summed E-state index contributed by atoms with van der Waals surface area (Å²) in [7, 11) is -3.43. The van der Waals surface area contributed by atoms with Crippen LogP contribution in [0.3, 0.4) is 0 Å². The topological polar surface area (TPSA) is 79.6 Å². The molecule has 0 radical (unpaired) electrons. The summed E-state index contributed by atoms with van der Waals surface area (Å²) in [5.74, 6) is -0.274. The molecule has 3 rings (SSSR count). The molecule has 0 bridgehead atoms. The fourth-order valence-corrected chi connectivity index (χ4v) is 5.58. The fraction of sp³-hybridized carbons (Fsp3) is 0.522. The molecule has 1 fully saturated rings. The number of sulfone groups is 1. The number of hydrogen-bond donors (Lipinski definition) is 1. The Balaban J connectivity index is 1.45. The van der Waals surface area contributed by atoms with Crippen LogP contribution >= 0.6 is 11.6 Å². The van der Waals surface area contributed by atoms with Gasteiger partial charge >= 0.3 is 0 Å². The second kappa shape index (κ2) is 11.2. The lowest BCUT2D eigenvalue weighted by atomic mass is 10.00. The number of carbonyl (C=O) groups is 1. The molecule has 1 saturated heterocycles. The molecular weight excluding hydrogens is 436 g/mol. The Morgan fingerprint density at radius 3 is 2.68 bits per heavy atom. The molecule has 1 aromatic carbocycles. The highest BCUT2D eigenvalue weighted by molar-refractivity contribution is 7.89. The van der Waals surface area contributed by atoms with E-state index < -0.39 is 9.84 Å². The van der Waals surface area contributed by atoms with Gasteiger partial charge in [0.25, 0.3) is 5.91 Å². The van der Waals surface area contributed by atoms with Crippen LogP contribution in [-0.2, 0) is 21.3 Å². The Labute approximate surface area is 189 Å². The summed E-state index contributed by atoms with van der Waals surface area (Å²) < 4.78 is 30.4. The average Bonchev–Trinajstić information content (AvgIpc) is 3.20. The maximum Gasteiger partial charge on any atom is 0.286 e. The zero-order valence-corrected chi connectivity index (χ0v) is 19.6. The third-order valence-electron chi connectivity index (χ3n) is 5.68. The van der Waals surface area contributed by atoms with Gasteiger partial charge in [0, 0.05) is 24.2 Å². The summed E-state index contributed by atoms with van der Waals surface area (Å²) in [5, 5.41) is 3.43. The first-order valence-corrected chi connectivity index (χ1v) is 13.1. The van der Waals surface area contributed by atoms with Crippen molar-refractivity contribution >= 4 is 27.3 Å². The Morgan fingerprint density at radius 1 is 1.16 bits per heavy atom. The first kappa shape index (κ1) is 23.8. The maximum atomic E-state index is 12.4. The largest absolute Gasteiger partial charge is 0.455 e. The van der Waals surface area contributed by atoms with Crippen LogP contribution in [0.25, 0.3) is 0 Å². The fourth-order valence-electron chi connectivity index (χ4n) is 4.07. The highest BCUT2D eigenvalue weighted by Crippen LogP contribution is 2.19. The molecule has 0 aliphatic carbocycles. The predicted molar refractivity (Wildman–Crippen MR) is 123 cm³/mol. The number of hydrogen-bond acceptors (Lipinski definition) is 5. The van der Waals surface area contributed by atoms with Gasteiger partial charge in [-0.05, 0) is 62.1 Å². The zero-order valence-electron chi connectivity index (χ0n) is 18.0. The number of benzene rings is 1. The monoisotopic (exact) mass is 466 g/mol. The number of nitrogens with one attached hydrogen (secondary N) is 1. The van der Waals surface area contributed by atoms with Gasteiger partial charge in [0.2, 0.25) is 0 Å². The van der Waals surface area contributed by atoms with Gasteiger partial charge in [0.1, 0.15) is 11.5 Å². The standard InChI is InChI=1S/C23H31ClN2O4S/c1-2-20-6-3-4-14-26(20)15-5-13-25-23(27)22-12-11-21(30-22)17-31(28,29)16-18-7-9-19(24)10-8-18/h7-12,20H,2-6,13-17H2,1H3,(H,25,27)/t20-/m1/s1. The van der Waals surface area contributed by atoms with Gasteiger partial charge in [-0.15, -0.1) is 0 Å². The second-order valence-corrected chi connectivity index (χ2v) is 10.6. The minimum Gasteiger partial charge on any atom is -0.455 e. The quantitative estimate of drug-likeness (QED) is 0.524. The number of piperidine rings is 1. The Morgan fingerprint density at radius 2 is 1.94 bits per heavy atom. The average molecular weight is 467 g/mol. The molecule has 31 heavy (non-hydrogen) atoms. The van der Waals surface area contributed by atoms with Crippen molar-refractivity contribution in [3.05, 3.63) is 58.5 Å². The van der Waals surface area contributed by atoms with Crippen molar-refractivity contribution in [1.29, 1.82) is 0 Å². The lowest BCUT2D eigenvalue weighted by molar-refractivity contribution is 0.0918. The summed E-state index contributed by atoms with van der Waals surface area (Å²) in [6, 6.07) is 10.4. The Kier molecular flexibility index (Phi) is 8.58. The van der Waals surface area contributed by atoms with E-state index in [4.69, 9.17) is 16.0 Å². The van der Waals surface area contributed by atoms with Gasteiger partial charge in [0.05, 0.1) is 5.75 Å². The molecule has 0 spiro atoms. The number of amides is 1. The minimum absolute atomic E-state index is 0.109. The number of carbonyl (C=O) groups excluding carboxylic acids is 1. The SMILES string of the molecule is CC[C@@H]1CCCCN1CCCNC(=O)c1ccc(CS(=O)(=O)Cc2ccc(Cl)cc2)o1. The van der Waals surface area contributed by atoms with Crippen molar-refractivity contribution in [3.63, 3.8) is 0 Å². The van der Waals surface area contributed by atoms with Crippen molar-refractivity contribution < 1.29 is 17.6 Å². The molecule has 1 atom stereocenters. The van der Waals surface area contributed by atoms with Crippen molar-refractivity contribution in [3.8, 4) is 0 Å². The van der Waals surface area contributed by atoms with Gasteiger partial charge in [0.15, 0.2) is 15.6 Å². The van der Waals surface area contributed by atoms with E-state index in [1.54, 1.807) is 30.3 Å². The third-order valence-corrected chi connectivity index (χ3v) is 7.42. The number of nitrogens with zero attached hydrogens (tertiary/aromatic N) is 1. The van der Waals surface area contributed by atoms with Crippen LogP contribution < -0.4 is 5.32 Å². The van der Waals surface area contributed by atoms with E-state index in [1.807, 2.05) is 0 Å². The summed E-state index contributed by atoms with van der Waals surface area (Å²) >= 11 is 5.84. The highest BCUT2D eigenvalue weighted by atomic mass is 35.5. The van der Waals surface area contributed by atoms with Gasteiger partial charge in [-0.3, -0.25) is 4.79 Å². The normalized spacial score (nSPS) is 17.5. The smallest absolute Gasteiger partial charge is 0.286 e. The van der Waals surface area contributed by atoms with E-state index in [-0.39, 0.29) is 28.9 Å². The molecule has 0 unspecified atom stereocenters. The number of furan rings is 1. The van der Waals surface area contributed by atoms with Crippen LogP contribution in [0.1, 0.15) is 60.9 Å². The summed E-state index contributed by atoms with van der Waals surface area (Å²) in [6.45, 7) is 4.91. The van der Waals surface area contributed by atoms with Crippen LogP contribution in [0, 0.1) is 0 Å². The molecule has 170 valence electrons. The molecule has 8 heteroatoms. The molecule has 6 nitrogen and oxygen atoms in total. The van der Waals surface area contributed by atoms with Crippen molar-refractivity contribution in [2.24, 2.45) is 0 Å². The number of rotatable bonds is 10. The minimum atomic E-state index is -3.43. The number of halogens is 1. The van der Waals surface area contributed by atoms with E-state index in [9.17, 15) is 13.2 Å². The first-order valence-electron chi connectivity index (χ1n) is 10.9. The van der Waals surface area contributed by atoms with E-state index >= 15 is 0 Å². The van der Waals surface area contributed by atoms with Gasteiger partial charge < -0.3 is 14.6 Å². The molecule has 1 aromatic heterocycles. The van der Waals surface area contributed by atoms with Gasteiger partial charge in [-0.1, -0.05) is 37.1 Å². The van der Waals surface area contributed by atoms with Crippen molar-refractivity contribution in [2.75, 3.05) is 19.6 Å². The van der Waals surface area contributed by atoms with Gasteiger partial charge in [-0.25, -0.2) is 8.42 Å².